The normalized spacial score (nSPS) is 14.3. The van der Waals surface area contributed by atoms with Crippen molar-refractivity contribution in [3.63, 3.8) is 0 Å². The van der Waals surface area contributed by atoms with E-state index in [-0.39, 0.29) is 6.03 Å². The fourth-order valence-corrected chi connectivity index (χ4v) is 2.69. The van der Waals surface area contributed by atoms with Crippen LogP contribution in [0.4, 0.5) is 21.3 Å². The summed E-state index contributed by atoms with van der Waals surface area (Å²) in [6, 6.07) is -0.194. The van der Waals surface area contributed by atoms with E-state index in [9.17, 15) is 4.79 Å². The van der Waals surface area contributed by atoms with Crippen LogP contribution in [0.1, 0.15) is 6.92 Å². The van der Waals surface area contributed by atoms with E-state index in [4.69, 9.17) is 5.73 Å². The molecule has 2 amide bonds. The van der Waals surface area contributed by atoms with Crippen molar-refractivity contribution in [2.24, 2.45) is 0 Å². The van der Waals surface area contributed by atoms with Crippen LogP contribution in [-0.2, 0) is 0 Å². The summed E-state index contributed by atoms with van der Waals surface area (Å²) in [5.74, 6) is 0.638. The Balaban J connectivity index is 2.40. The largest absolute Gasteiger partial charge is 0.389 e. The van der Waals surface area contributed by atoms with Gasteiger partial charge in [0.1, 0.15) is 16.2 Å². The Morgan fingerprint density at radius 1 is 1.56 bits per heavy atom. The van der Waals surface area contributed by atoms with E-state index in [1.165, 1.54) is 17.7 Å². The number of urea groups is 1. The third-order valence-electron chi connectivity index (χ3n) is 2.54. The number of nitrogen functional groups attached to an aromatic ring is 1. The summed E-state index contributed by atoms with van der Waals surface area (Å²) in [5.41, 5.74) is 6.48. The summed E-state index contributed by atoms with van der Waals surface area (Å²) in [6.45, 7) is 2.46. The van der Waals surface area contributed by atoms with Crippen molar-refractivity contribution >= 4 is 44.1 Å². The molecule has 3 heterocycles. The van der Waals surface area contributed by atoms with Crippen LogP contribution < -0.4 is 16.0 Å². The zero-order valence-corrected chi connectivity index (χ0v) is 9.34. The number of amides is 2. The fourth-order valence-electron chi connectivity index (χ4n) is 1.83. The smallest absolute Gasteiger partial charge is 0.327 e. The number of aromatic nitrogens is 2. The molecule has 82 valence electrons. The first kappa shape index (κ1) is 9.34. The van der Waals surface area contributed by atoms with Crippen molar-refractivity contribution in [1.82, 2.24) is 9.97 Å². The molecule has 2 aromatic rings. The van der Waals surface area contributed by atoms with Crippen molar-refractivity contribution in [2.45, 2.75) is 6.92 Å². The first-order valence-electron chi connectivity index (χ1n) is 4.84. The molecule has 0 aromatic carbocycles. The Kier molecular flexibility index (Phi) is 1.78. The Labute approximate surface area is 95.1 Å². The van der Waals surface area contributed by atoms with Crippen LogP contribution in [0.25, 0.3) is 10.2 Å². The molecule has 0 saturated heterocycles. The number of carbonyl (C=O) groups is 1. The molecule has 2 aromatic heterocycles. The number of hydrogen-bond acceptors (Lipinski definition) is 5. The summed E-state index contributed by atoms with van der Waals surface area (Å²) in [7, 11) is 0. The fraction of sp³-hybridized carbons (Fsp3) is 0.222. The van der Waals surface area contributed by atoms with Gasteiger partial charge >= 0.3 is 6.03 Å². The first-order chi connectivity index (χ1) is 7.72. The standard InChI is InChI=1S/C9H9N5OS/c1-2-14-7-4-5(13-9(14)15)6(10)16-8(4)12-3-11-7/h3H,2,10H2,1H3,(H,13,15). The van der Waals surface area contributed by atoms with Gasteiger partial charge in [0, 0.05) is 6.54 Å². The summed E-state index contributed by atoms with van der Waals surface area (Å²) < 4.78 is 0. The van der Waals surface area contributed by atoms with Crippen LogP contribution in [-0.4, -0.2) is 22.5 Å². The molecule has 0 aliphatic carbocycles. The molecule has 0 spiro atoms. The minimum Gasteiger partial charge on any atom is -0.389 e. The van der Waals surface area contributed by atoms with Gasteiger partial charge in [-0.1, -0.05) is 11.3 Å². The average molecular weight is 235 g/mol. The van der Waals surface area contributed by atoms with E-state index in [0.29, 0.717) is 23.1 Å². The number of nitrogens with one attached hydrogen (secondary N) is 1. The van der Waals surface area contributed by atoms with Crippen molar-refractivity contribution in [3.05, 3.63) is 6.33 Å². The zero-order chi connectivity index (χ0) is 11.3. The second-order valence-electron chi connectivity index (χ2n) is 3.39. The minimum atomic E-state index is -0.194. The number of hydrogen-bond donors (Lipinski definition) is 2. The van der Waals surface area contributed by atoms with Gasteiger partial charge in [-0.15, -0.1) is 0 Å². The van der Waals surface area contributed by atoms with Gasteiger partial charge < -0.3 is 11.1 Å². The molecule has 0 fully saturated rings. The van der Waals surface area contributed by atoms with Crippen LogP contribution in [0.5, 0.6) is 0 Å². The number of carbonyl (C=O) groups excluding carboxylic acids is 1. The molecule has 0 bridgehead atoms. The Morgan fingerprint density at radius 3 is 3.12 bits per heavy atom. The predicted molar refractivity (Wildman–Crippen MR) is 63.9 cm³/mol. The molecule has 0 unspecified atom stereocenters. The van der Waals surface area contributed by atoms with Crippen LogP contribution in [0.2, 0.25) is 0 Å². The van der Waals surface area contributed by atoms with E-state index >= 15 is 0 Å². The van der Waals surface area contributed by atoms with Crippen molar-refractivity contribution in [1.29, 1.82) is 0 Å². The molecule has 6 nitrogen and oxygen atoms in total. The van der Waals surface area contributed by atoms with Crippen LogP contribution in [0.3, 0.4) is 0 Å². The zero-order valence-electron chi connectivity index (χ0n) is 8.52. The lowest BCUT2D eigenvalue weighted by molar-refractivity contribution is 0.257. The van der Waals surface area contributed by atoms with Gasteiger partial charge in [-0.3, -0.25) is 4.90 Å². The summed E-state index contributed by atoms with van der Waals surface area (Å²) in [5, 5.41) is 4.18. The van der Waals surface area contributed by atoms with Gasteiger partial charge in [-0.05, 0) is 6.92 Å². The molecular formula is C9H9N5OS. The number of rotatable bonds is 1. The van der Waals surface area contributed by atoms with Gasteiger partial charge in [0.2, 0.25) is 0 Å². The topological polar surface area (TPSA) is 84.1 Å². The number of anilines is 3. The van der Waals surface area contributed by atoms with Gasteiger partial charge in [0.05, 0.1) is 11.1 Å². The number of thiophene rings is 1. The van der Waals surface area contributed by atoms with E-state index in [1.54, 1.807) is 4.90 Å². The second kappa shape index (κ2) is 3.05. The van der Waals surface area contributed by atoms with Gasteiger partial charge in [0.25, 0.3) is 0 Å². The van der Waals surface area contributed by atoms with E-state index < -0.39 is 0 Å². The highest BCUT2D eigenvalue weighted by molar-refractivity contribution is 7.23. The lowest BCUT2D eigenvalue weighted by Gasteiger charge is -2.25. The third kappa shape index (κ3) is 1.03. The van der Waals surface area contributed by atoms with Crippen molar-refractivity contribution in [3.8, 4) is 0 Å². The molecule has 3 N–H and O–H groups in total. The van der Waals surface area contributed by atoms with E-state index in [2.05, 4.69) is 15.3 Å². The molecule has 3 rings (SSSR count). The SMILES string of the molecule is CCN1C(=O)Nc2c(N)sc3ncnc1c23. The monoisotopic (exact) mass is 235 g/mol. The predicted octanol–water partition coefficient (Wildman–Crippen LogP) is 1.65. The maximum absolute atomic E-state index is 11.8. The third-order valence-corrected chi connectivity index (χ3v) is 3.47. The molecule has 0 atom stereocenters. The quantitative estimate of drug-likeness (QED) is 0.787. The van der Waals surface area contributed by atoms with E-state index in [1.807, 2.05) is 6.92 Å². The second-order valence-corrected chi connectivity index (χ2v) is 4.42. The van der Waals surface area contributed by atoms with Crippen molar-refractivity contribution < 1.29 is 4.79 Å². The van der Waals surface area contributed by atoms with Gasteiger partial charge in [0.15, 0.2) is 5.82 Å². The highest BCUT2D eigenvalue weighted by Crippen LogP contribution is 2.43. The summed E-state index contributed by atoms with van der Waals surface area (Å²) in [4.78, 5) is 22.5. The molecule has 0 radical (unpaired) electrons. The van der Waals surface area contributed by atoms with Crippen LogP contribution in [0.15, 0.2) is 6.33 Å². The Bertz CT molecular complexity index is 593. The summed E-state index contributed by atoms with van der Waals surface area (Å²) in [6.07, 6.45) is 1.46. The minimum absolute atomic E-state index is 0.194. The molecule has 1 aliphatic rings. The maximum Gasteiger partial charge on any atom is 0.327 e. The molecule has 0 saturated carbocycles. The Morgan fingerprint density at radius 2 is 2.38 bits per heavy atom. The highest BCUT2D eigenvalue weighted by atomic mass is 32.1. The lowest BCUT2D eigenvalue weighted by Crippen LogP contribution is -2.38. The van der Waals surface area contributed by atoms with Crippen molar-refractivity contribution in [2.75, 3.05) is 22.5 Å². The molecule has 1 aliphatic heterocycles. The number of nitrogens with zero attached hydrogens (tertiary/aromatic N) is 3. The highest BCUT2D eigenvalue weighted by Gasteiger charge is 2.28. The summed E-state index contributed by atoms with van der Waals surface area (Å²) >= 11 is 1.36. The molecule has 7 heteroatoms. The molecule has 16 heavy (non-hydrogen) atoms. The van der Waals surface area contributed by atoms with E-state index in [0.717, 1.165) is 10.2 Å². The Hall–Kier alpha value is -1.89. The maximum atomic E-state index is 11.8. The van der Waals surface area contributed by atoms with Gasteiger partial charge in [-0.25, -0.2) is 14.8 Å². The lowest BCUT2D eigenvalue weighted by atomic mass is 10.2. The van der Waals surface area contributed by atoms with Gasteiger partial charge in [-0.2, -0.15) is 0 Å². The first-order valence-corrected chi connectivity index (χ1v) is 5.65. The van der Waals surface area contributed by atoms with Crippen LogP contribution in [0, 0.1) is 0 Å². The average Bonchev–Trinajstić information content (AvgIpc) is 2.58. The van der Waals surface area contributed by atoms with Crippen LogP contribution >= 0.6 is 11.3 Å². The molecular weight excluding hydrogens is 226 g/mol. The number of nitrogens with two attached hydrogens (primary N) is 1.